The van der Waals surface area contributed by atoms with Gasteiger partial charge in [-0.25, -0.2) is 0 Å². The molecule has 0 saturated heterocycles. The fourth-order valence-corrected chi connectivity index (χ4v) is 2.10. The number of hydrogen-bond acceptors (Lipinski definition) is 2. The van der Waals surface area contributed by atoms with Gasteiger partial charge in [0, 0.05) is 7.05 Å². The topological polar surface area (TPSA) is 49.4 Å². The lowest BCUT2D eigenvalue weighted by Crippen LogP contribution is -2.31. The molecule has 0 spiro atoms. The molecule has 1 aromatic carbocycles. The molecule has 4 nitrogen and oxygen atoms in total. The van der Waals surface area contributed by atoms with Crippen LogP contribution in [0.15, 0.2) is 18.2 Å². The summed E-state index contributed by atoms with van der Waals surface area (Å²) in [7, 11) is 1.64. The molecule has 2 rings (SSSR count). The van der Waals surface area contributed by atoms with Crippen LogP contribution in [0.3, 0.4) is 0 Å². The lowest BCUT2D eigenvalue weighted by Gasteiger charge is -2.12. The summed E-state index contributed by atoms with van der Waals surface area (Å²) in [4.78, 5) is 25.1. The van der Waals surface area contributed by atoms with Crippen molar-refractivity contribution in [2.45, 2.75) is 26.2 Å². The second-order valence-electron chi connectivity index (χ2n) is 4.69. The Labute approximate surface area is 107 Å². The molecule has 1 N–H and O–H groups in total. The van der Waals surface area contributed by atoms with Crippen LogP contribution in [0.2, 0.25) is 0 Å². The number of benzene rings is 1. The van der Waals surface area contributed by atoms with Gasteiger partial charge >= 0.3 is 0 Å². The van der Waals surface area contributed by atoms with Crippen LogP contribution in [-0.4, -0.2) is 30.3 Å². The van der Waals surface area contributed by atoms with Crippen molar-refractivity contribution in [3.05, 3.63) is 29.3 Å². The number of unbranched alkanes of at least 4 members (excludes halogenated alkanes) is 1. The number of aryl methyl sites for hydroxylation is 1. The molecule has 1 aliphatic rings. The Morgan fingerprint density at radius 1 is 1.33 bits per heavy atom. The predicted molar refractivity (Wildman–Crippen MR) is 70.6 cm³/mol. The third-order valence-corrected chi connectivity index (χ3v) is 3.13. The highest BCUT2D eigenvalue weighted by molar-refractivity contribution is 6.08. The Bertz CT molecular complexity index is 483. The molecule has 0 radical (unpaired) electrons. The average Bonchev–Trinajstić information content (AvgIpc) is 2.44. The van der Waals surface area contributed by atoms with E-state index in [9.17, 15) is 9.59 Å². The lowest BCUT2D eigenvalue weighted by atomic mass is 10.0. The van der Waals surface area contributed by atoms with Gasteiger partial charge in [0.1, 0.15) is 0 Å². The Balaban J connectivity index is 2.33. The summed E-state index contributed by atoms with van der Waals surface area (Å²) >= 11 is 0. The lowest BCUT2D eigenvalue weighted by molar-refractivity contribution is -0.116. The number of amides is 2. The van der Waals surface area contributed by atoms with E-state index in [4.69, 9.17) is 0 Å². The van der Waals surface area contributed by atoms with Crippen molar-refractivity contribution in [2.24, 2.45) is 0 Å². The van der Waals surface area contributed by atoms with E-state index in [1.165, 1.54) is 4.90 Å². The first kappa shape index (κ1) is 12.6. The second-order valence-corrected chi connectivity index (χ2v) is 4.69. The fraction of sp³-hybridized carbons (Fsp3) is 0.429. The van der Waals surface area contributed by atoms with E-state index in [1.54, 1.807) is 7.05 Å². The number of carbonyl (C=O) groups excluding carboxylic acids is 2. The molecular formula is C14H18N2O2. The van der Waals surface area contributed by atoms with Crippen LogP contribution in [-0.2, 0) is 11.2 Å². The maximum atomic E-state index is 12.0. The molecule has 2 amide bonds. The second kappa shape index (κ2) is 5.21. The van der Waals surface area contributed by atoms with Crippen LogP contribution >= 0.6 is 0 Å². The van der Waals surface area contributed by atoms with Crippen molar-refractivity contribution in [1.29, 1.82) is 0 Å². The summed E-state index contributed by atoms with van der Waals surface area (Å²) < 4.78 is 0. The van der Waals surface area contributed by atoms with Crippen molar-refractivity contribution >= 4 is 17.5 Å². The zero-order chi connectivity index (χ0) is 13.1. The maximum Gasteiger partial charge on any atom is 0.256 e. The highest BCUT2D eigenvalue weighted by Crippen LogP contribution is 2.22. The molecule has 0 aliphatic carbocycles. The van der Waals surface area contributed by atoms with Gasteiger partial charge in [-0.2, -0.15) is 0 Å². The summed E-state index contributed by atoms with van der Waals surface area (Å²) in [5.41, 5.74) is 2.37. The molecular weight excluding hydrogens is 228 g/mol. The van der Waals surface area contributed by atoms with E-state index in [1.807, 2.05) is 18.2 Å². The van der Waals surface area contributed by atoms with Gasteiger partial charge in [0.05, 0.1) is 17.8 Å². The number of rotatable bonds is 3. The predicted octanol–water partition coefficient (Wildman–Crippen LogP) is 2.05. The number of hydrogen-bond donors (Lipinski definition) is 1. The van der Waals surface area contributed by atoms with Crippen molar-refractivity contribution in [3.8, 4) is 0 Å². The minimum atomic E-state index is -0.141. The van der Waals surface area contributed by atoms with E-state index in [0.717, 1.165) is 24.8 Å². The molecule has 0 unspecified atom stereocenters. The van der Waals surface area contributed by atoms with Crippen LogP contribution < -0.4 is 5.32 Å². The smallest absolute Gasteiger partial charge is 0.256 e. The molecule has 0 bridgehead atoms. The number of likely N-dealkylation sites (N-methyl/N-ethyl adjacent to an activating group) is 1. The van der Waals surface area contributed by atoms with Gasteiger partial charge in [-0.05, 0) is 30.5 Å². The third-order valence-electron chi connectivity index (χ3n) is 3.13. The summed E-state index contributed by atoms with van der Waals surface area (Å²) in [5.74, 6) is -0.248. The van der Waals surface area contributed by atoms with E-state index in [-0.39, 0.29) is 18.4 Å². The molecule has 1 aliphatic heterocycles. The van der Waals surface area contributed by atoms with Crippen molar-refractivity contribution in [1.82, 2.24) is 4.90 Å². The van der Waals surface area contributed by atoms with Crippen LogP contribution in [0, 0.1) is 0 Å². The van der Waals surface area contributed by atoms with Crippen molar-refractivity contribution < 1.29 is 9.59 Å². The van der Waals surface area contributed by atoms with Gasteiger partial charge in [-0.3, -0.25) is 9.59 Å². The largest absolute Gasteiger partial charge is 0.332 e. The molecule has 96 valence electrons. The van der Waals surface area contributed by atoms with Crippen LogP contribution in [0.5, 0.6) is 0 Å². The Morgan fingerprint density at radius 3 is 2.83 bits per heavy atom. The minimum absolute atomic E-state index is 0.106. The third kappa shape index (κ3) is 2.53. The van der Waals surface area contributed by atoms with Crippen molar-refractivity contribution in [3.63, 3.8) is 0 Å². The Hall–Kier alpha value is -1.84. The number of nitrogens with one attached hydrogen (secondary N) is 1. The number of nitrogens with zero attached hydrogens (tertiary/aromatic N) is 1. The monoisotopic (exact) mass is 246 g/mol. The van der Waals surface area contributed by atoms with E-state index >= 15 is 0 Å². The molecule has 0 atom stereocenters. The molecule has 18 heavy (non-hydrogen) atoms. The molecule has 0 aromatic heterocycles. The molecule has 0 fully saturated rings. The first-order valence-electron chi connectivity index (χ1n) is 6.30. The Morgan fingerprint density at radius 2 is 2.11 bits per heavy atom. The average molecular weight is 246 g/mol. The molecule has 1 aromatic rings. The highest BCUT2D eigenvalue weighted by atomic mass is 16.2. The van der Waals surface area contributed by atoms with E-state index < -0.39 is 0 Å². The highest BCUT2D eigenvalue weighted by Gasteiger charge is 2.23. The number of anilines is 1. The minimum Gasteiger partial charge on any atom is -0.332 e. The fourth-order valence-electron chi connectivity index (χ4n) is 2.10. The summed E-state index contributed by atoms with van der Waals surface area (Å²) in [6.45, 7) is 2.25. The van der Waals surface area contributed by atoms with Crippen LogP contribution in [0.25, 0.3) is 0 Å². The first-order valence-corrected chi connectivity index (χ1v) is 6.30. The van der Waals surface area contributed by atoms with E-state index in [2.05, 4.69) is 12.2 Å². The van der Waals surface area contributed by atoms with Gasteiger partial charge in [0.2, 0.25) is 5.91 Å². The molecule has 0 saturated carbocycles. The summed E-state index contributed by atoms with van der Waals surface area (Å²) in [6, 6.07) is 5.70. The zero-order valence-corrected chi connectivity index (χ0v) is 10.8. The van der Waals surface area contributed by atoms with Gasteiger partial charge in [0.25, 0.3) is 5.91 Å². The van der Waals surface area contributed by atoms with Crippen molar-refractivity contribution in [2.75, 3.05) is 18.9 Å². The molecule has 4 heteroatoms. The Kier molecular flexibility index (Phi) is 3.65. The standard InChI is InChI=1S/C14H18N2O2/c1-3-4-5-10-6-7-11-12(8-10)15-13(17)9-16(2)14(11)18/h6-8H,3-5,9H2,1-2H3,(H,15,17). The normalized spacial score (nSPS) is 15.1. The van der Waals surface area contributed by atoms with E-state index in [0.29, 0.717) is 11.3 Å². The quantitative estimate of drug-likeness (QED) is 0.887. The number of carbonyl (C=O) groups is 2. The zero-order valence-electron chi connectivity index (χ0n) is 10.8. The molecule has 1 heterocycles. The summed E-state index contributed by atoms with van der Waals surface area (Å²) in [6.07, 6.45) is 3.22. The van der Waals surface area contributed by atoms with Gasteiger partial charge < -0.3 is 10.2 Å². The van der Waals surface area contributed by atoms with Gasteiger partial charge in [-0.15, -0.1) is 0 Å². The maximum absolute atomic E-state index is 12.0. The van der Waals surface area contributed by atoms with Gasteiger partial charge in [0.15, 0.2) is 0 Å². The summed E-state index contributed by atoms with van der Waals surface area (Å²) in [5, 5.41) is 2.80. The SMILES string of the molecule is CCCCc1ccc2c(c1)NC(=O)CN(C)C2=O. The first-order chi connectivity index (χ1) is 8.61. The number of fused-ring (bicyclic) bond motifs is 1. The van der Waals surface area contributed by atoms with Crippen LogP contribution in [0.1, 0.15) is 35.7 Å². The van der Waals surface area contributed by atoms with Crippen LogP contribution in [0.4, 0.5) is 5.69 Å². The van der Waals surface area contributed by atoms with Gasteiger partial charge in [-0.1, -0.05) is 19.4 Å².